The molecule has 3 rings (SSSR count). The molecule has 0 spiro atoms. The predicted molar refractivity (Wildman–Crippen MR) is 140 cm³/mol. The number of aliphatic carboxylic acids is 1. The summed E-state index contributed by atoms with van der Waals surface area (Å²) in [5.41, 5.74) is 3.02. The highest BCUT2D eigenvalue weighted by atomic mass is 32.2. The number of nitrogens with one attached hydrogen (secondary N) is 4. The summed E-state index contributed by atoms with van der Waals surface area (Å²) in [7, 11) is -3.69. The SMILES string of the molecule is Cc1ccccc1NC(=O)Nc1ccc(CC(=O)Nc2cccc(C(CC(=O)O)NS(C)(=O)=O)n2)cc1. The third-order valence-corrected chi connectivity index (χ3v) is 5.81. The molecule has 3 aromatic rings. The van der Waals surface area contributed by atoms with Crippen molar-refractivity contribution < 1.29 is 27.9 Å². The van der Waals surface area contributed by atoms with Crippen molar-refractivity contribution in [1.29, 1.82) is 0 Å². The van der Waals surface area contributed by atoms with Crippen molar-refractivity contribution in [1.82, 2.24) is 9.71 Å². The summed E-state index contributed by atoms with van der Waals surface area (Å²) in [6.45, 7) is 1.89. The van der Waals surface area contributed by atoms with Crippen LogP contribution in [0.5, 0.6) is 0 Å². The van der Waals surface area contributed by atoms with Crippen LogP contribution in [0, 0.1) is 6.92 Å². The van der Waals surface area contributed by atoms with Crippen LogP contribution in [0.3, 0.4) is 0 Å². The van der Waals surface area contributed by atoms with Crippen LogP contribution in [0.1, 0.15) is 29.3 Å². The van der Waals surface area contributed by atoms with E-state index in [0.29, 0.717) is 16.9 Å². The second-order valence-electron chi connectivity index (χ2n) is 8.30. The molecule has 1 aromatic heterocycles. The quantitative estimate of drug-likeness (QED) is 0.271. The van der Waals surface area contributed by atoms with E-state index < -0.39 is 34.5 Å². The summed E-state index contributed by atoms with van der Waals surface area (Å²) in [4.78, 5) is 40.1. The molecule has 3 amide bonds. The van der Waals surface area contributed by atoms with E-state index in [1.54, 1.807) is 36.4 Å². The van der Waals surface area contributed by atoms with Crippen LogP contribution in [0.4, 0.5) is 22.0 Å². The van der Waals surface area contributed by atoms with Gasteiger partial charge >= 0.3 is 12.0 Å². The molecule has 0 radical (unpaired) electrons. The summed E-state index contributed by atoms with van der Waals surface area (Å²) >= 11 is 0. The number of pyridine rings is 1. The number of carbonyl (C=O) groups excluding carboxylic acids is 2. The Hall–Kier alpha value is -4.29. The monoisotopic (exact) mass is 525 g/mol. The van der Waals surface area contributed by atoms with Crippen LogP contribution in [0.15, 0.2) is 66.7 Å². The summed E-state index contributed by atoms with van der Waals surface area (Å²) in [6.07, 6.45) is 0.424. The molecule has 1 heterocycles. The normalized spacial score (nSPS) is 11.8. The Balaban J connectivity index is 1.59. The van der Waals surface area contributed by atoms with E-state index in [1.807, 2.05) is 25.1 Å². The van der Waals surface area contributed by atoms with Gasteiger partial charge in [0.2, 0.25) is 15.9 Å². The van der Waals surface area contributed by atoms with E-state index in [1.165, 1.54) is 12.1 Å². The van der Waals surface area contributed by atoms with E-state index >= 15 is 0 Å². The second-order valence-corrected chi connectivity index (χ2v) is 10.1. The molecule has 2 aromatic carbocycles. The Bertz CT molecular complexity index is 1390. The molecule has 0 saturated heterocycles. The molecule has 0 aliphatic carbocycles. The van der Waals surface area contributed by atoms with Crippen LogP contribution in [-0.4, -0.2) is 42.7 Å². The van der Waals surface area contributed by atoms with E-state index in [0.717, 1.165) is 11.8 Å². The molecule has 5 N–H and O–H groups in total. The zero-order valence-corrected chi connectivity index (χ0v) is 21.0. The number of rotatable bonds is 10. The highest BCUT2D eigenvalue weighted by Crippen LogP contribution is 2.19. The zero-order chi connectivity index (χ0) is 27.0. The van der Waals surface area contributed by atoms with Crippen LogP contribution in [-0.2, 0) is 26.0 Å². The lowest BCUT2D eigenvalue weighted by molar-refractivity contribution is -0.137. The van der Waals surface area contributed by atoms with Gasteiger partial charge in [0.25, 0.3) is 0 Å². The largest absolute Gasteiger partial charge is 0.481 e. The molecule has 0 aliphatic rings. The minimum atomic E-state index is -3.69. The summed E-state index contributed by atoms with van der Waals surface area (Å²) in [5, 5.41) is 17.2. The third kappa shape index (κ3) is 9.02. The van der Waals surface area contributed by atoms with Crippen molar-refractivity contribution in [3.05, 3.63) is 83.6 Å². The fourth-order valence-corrected chi connectivity index (χ4v) is 4.15. The Morgan fingerprint density at radius 3 is 2.27 bits per heavy atom. The third-order valence-electron chi connectivity index (χ3n) is 5.10. The second kappa shape index (κ2) is 12.1. The lowest BCUT2D eigenvalue weighted by atomic mass is 10.1. The molecular formula is C25H27N5O6S. The molecule has 1 atom stereocenters. The molecule has 37 heavy (non-hydrogen) atoms. The Morgan fingerprint density at radius 1 is 0.919 bits per heavy atom. The predicted octanol–water partition coefficient (Wildman–Crippen LogP) is 3.28. The van der Waals surface area contributed by atoms with Gasteiger partial charge in [0.1, 0.15) is 5.82 Å². The van der Waals surface area contributed by atoms with E-state index in [9.17, 15) is 22.8 Å². The summed E-state index contributed by atoms with van der Waals surface area (Å²) < 4.78 is 25.5. The summed E-state index contributed by atoms with van der Waals surface area (Å²) in [6, 6.07) is 17.2. The van der Waals surface area contributed by atoms with Crippen LogP contribution < -0.4 is 20.7 Å². The molecule has 12 heteroatoms. The lowest BCUT2D eigenvalue weighted by Crippen LogP contribution is -2.30. The van der Waals surface area contributed by atoms with Gasteiger partial charge in [-0.25, -0.2) is 22.9 Å². The Kier molecular flexibility index (Phi) is 8.93. The maximum Gasteiger partial charge on any atom is 0.323 e. The van der Waals surface area contributed by atoms with Gasteiger partial charge in [-0.1, -0.05) is 36.4 Å². The first-order valence-electron chi connectivity index (χ1n) is 11.2. The van der Waals surface area contributed by atoms with Crippen molar-refractivity contribution in [3.8, 4) is 0 Å². The molecule has 0 fully saturated rings. The number of benzene rings is 2. The first kappa shape index (κ1) is 27.3. The van der Waals surface area contributed by atoms with Gasteiger partial charge in [0, 0.05) is 11.4 Å². The minimum absolute atomic E-state index is 0.0156. The number of para-hydroxylation sites is 1. The van der Waals surface area contributed by atoms with Gasteiger partial charge in [-0.2, -0.15) is 0 Å². The molecule has 1 unspecified atom stereocenters. The van der Waals surface area contributed by atoms with Gasteiger partial charge in [0.05, 0.1) is 30.8 Å². The fourth-order valence-electron chi connectivity index (χ4n) is 3.43. The van der Waals surface area contributed by atoms with Crippen molar-refractivity contribution in [3.63, 3.8) is 0 Å². The number of sulfonamides is 1. The van der Waals surface area contributed by atoms with Gasteiger partial charge in [-0.3, -0.25) is 9.59 Å². The van der Waals surface area contributed by atoms with E-state index in [4.69, 9.17) is 5.11 Å². The first-order chi connectivity index (χ1) is 17.5. The molecular weight excluding hydrogens is 498 g/mol. The number of urea groups is 1. The number of carboxylic acids is 1. The van der Waals surface area contributed by atoms with Crippen molar-refractivity contribution in [2.75, 3.05) is 22.2 Å². The number of hydrogen-bond donors (Lipinski definition) is 5. The van der Waals surface area contributed by atoms with Crippen molar-refractivity contribution >= 4 is 45.1 Å². The van der Waals surface area contributed by atoms with Gasteiger partial charge < -0.3 is 21.1 Å². The number of aryl methyl sites for hydroxylation is 1. The van der Waals surface area contributed by atoms with Crippen molar-refractivity contribution in [2.24, 2.45) is 0 Å². The van der Waals surface area contributed by atoms with E-state index in [-0.39, 0.29) is 23.8 Å². The van der Waals surface area contributed by atoms with Crippen molar-refractivity contribution in [2.45, 2.75) is 25.8 Å². The zero-order valence-electron chi connectivity index (χ0n) is 20.2. The number of anilines is 3. The minimum Gasteiger partial charge on any atom is -0.481 e. The summed E-state index contributed by atoms with van der Waals surface area (Å²) in [5.74, 6) is -1.43. The maximum atomic E-state index is 12.5. The number of carbonyl (C=O) groups is 3. The molecule has 11 nitrogen and oxygen atoms in total. The van der Waals surface area contributed by atoms with Gasteiger partial charge in [-0.05, 0) is 48.4 Å². The average Bonchev–Trinajstić information content (AvgIpc) is 2.80. The number of nitrogens with zero attached hydrogens (tertiary/aromatic N) is 1. The first-order valence-corrected chi connectivity index (χ1v) is 13.1. The van der Waals surface area contributed by atoms with Crippen LogP contribution >= 0.6 is 0 Å². The van der Waals surface area contributed by atoms with Gasteiger partial charge in [-0.15, -0.1) is 0 Å². The van der Waals surface area contributed by atoms with Gasteiger partial charge in [0.15, 0.2) is 0 Å². The molecule has 194 valence electrons. The highest BCUT2D eigenvalue weighted by molar-refractivity contribution is 7.88. The molecule has 0 aliphatic heterocycles. The smallest absolute Gasteiger partial charge is 0.323 e. The topological polar surface area (TPSA) is 167 Å². The number of amides is 3. The Labute approximate surface area is 214 Å². The average molecular weight is 526 g/mol. The number of hydrogen-bond acceptors (Lipinski definition) is 6. The number of aromatic nitrogens is 1. The molecule has 0 bridgehead atoms. The Morgan fingerprint density at radius 2 is 1.62 bits per heavy atom. The maximum absolute atomic E-state index is 12.5. The van der Waals surface area contributed by atoms with Crippen LogP contribution in [0.2, 0.25) is 0 Å². The lowest BCUT2D eigenvalue weighted by Gasteiger charge is -2.16. The standard InChI is InChI=1S/C25H27N5O6S/c1-16-6-3-4-7-19(16)28-25(34)26-18-12-10-17(11-13-18)14-23(31)29-22-9-5-8-20(27-22)21(15-24(32)33)30-37(2,35)36/h3-13,21,30H,14-15H2,1-2H3,(H,32,33)(H2,26,28,34)(H,27,29,31). The fraction of sp³-hybridized carbons (Fsp3) is 0.200. The highest BCUT2D eigenvalue weighted by Gasteiger charge is 2.21. The van der Waals surface area contributed by atoms with Crippen LogP contribution in [0.25, 0.3) is 0 Å². The molecule has 0 saturated carbocycles. The number of carboxylic acid groups (broad SMARTS) is 1. The van der Waals surface area contributed by atoms with E-state index in [2.05, 4.69) is 25.7 Å².